The van der Waals surface area contributed by atoms with Crippen molar-refractivity contribution in [3.63, 3.8) is 0 Å². The molecule has 0 N–H and O–H groups in total. The van der Waals surface area contributed by atoms with E-state index in [1.54, 1.807) is 11.0 Å². The summed E-state index contributed by atoms with van der Waals surface area (Å²) in [5.74, 6) is 0.428. The first-order valence-corrected chi connectivity index (χ1v) is 11.2. The molecule has 0 spiro atoms. The van der Waals surface area contributed by atoms with Gasteiger partial charge >= 0.3 is 0 Å². The summed E-state index contributed by atoms with van der Waals surface area (Å²) in [5, 5.41) is 4.13. The smallest absolute Gasteiger partial charge is 0.227 e. The summed E-state index contributed by atoms with van der Waals surface area (Å²) in [6.45, 7) is 12.7. The van der Waals surface area contributed by atoms with Gasteiger partial charge in [0, 0.05) is 38.6 Å². The molecule has 2 aliphatic heterocycles. The summed E-state index contributed by atoms with van der Waals surface area (Å²) < 4.78 is 7.50. The highest BCUT2D eigenvalue weighted by molar-refractivity contribution is 5.79. The maximum atomic E-state index is 12.8. The monoisotopic (exact) mass is 442 g/mol. The maximum absolute atomic E-state index is 12.8. The van der Waals surface area contributed by atoms with Crippen LogP contribution in [0, 0.1) is 6.57 Å². The Bertz CT molecular complexity index is 1140. The predicted octanol–water partition coefficient (Wildman–Crippen LogP) is 2.82. The molecule has 1 saturated heterocycles. The molecule has 1 unspecified atom stereocenters. The fourth-order valence-electron chi connectivity index (χ4n) is 4.67. The first kappa shape index (κ1) is 21.3. The molecule has 3 aromatic rings. The van der Waals surface area contributed by atoms with E-state index in [2.05, 4.69) is 25.9 Å². The van der Waals surface area contributed by atoms with Crippen molar-refractivity contribution in [2.75, 3.05) is 39.3 Å². The Morgan fingerprint density at radius 1 is 1.12 bits per heavy atom. The van der Waals surface area contributed by atoms with Crippen molar-refractivity contribution in [1.29, 1.82) is 0 Å². The molecule has 0 radical (unpaired) electrons. The third-order valence-electron chi connectivity index (χ3n) is 6.49. The number of rotatable bonds is 5. The molecule has 1 amide bonds. The first-order chi connectivity index (χ1) is 16.2. The van der Waals surface area contributed by atoms with Crippen molar-refractivity contribution in [2.45, 2.75) is 18.9 Å². The molecular formula is C25H26N6O2. The van der Waals surface area contributed by atoms with Gasteiger partial charge in [-0.05, 0) is 28.8 Å². The molecule has 168 valence electrons. The minimum absolute atomic E-state index is 0.163. The largest absolute Gasteiger partial charge is 0.377 e. The fourth-order valence-corrected chi connectivity index (χ4v) is 4.67. The van der Waals surface area contributed by atoms with Crippen LogP contribution in [0.5, 0.6) is 0 Å². The van der Waals surface area contributed by atoms with Gasteiger partial charge < -0.3 is 9.64 Å². The van der Waals surface area contributed by atoms with Gasteiger partial charge in [0.2, 0.25) is 5.91 Å². The molecule has 0 bridgehead atoms. The van der Waals surface area contributed by atoms with E-state index in [1.165, 1.54) is 11.9 Å². The number of carbonyl (C=O) groups is 1. The predicted molar refractivity (Wildman–Crippen MR) is 123 cm³/mol. The molecule has 2 aliphatic rings. The SMILES string of the molecule is [C-]#[N+]c1cccc2c1COCC2CN1CCN(C(=O)Cc2ccc(-n3cncn3)cc2)CC1. The molecule has 8 nitrogen and oxygen atoms in total. The summed E-state index contributed by atoms with van der Waals surface area (Å²) in [6, 6.07) is 13.8. The Balaban J connectivity index is 1.14. The van der Waals surface area contributed by atoms with E-state index < -0.39 is 0 Å². The van der Waals surface area contributed by atoms with Gasteiger partial charge in [0.1, 0.15) is 12.7 Å². The standard InChI is InChI=1S/C25H26N6O2/c1-26-24-4-2-3-22-20(15-33-16-23(22)24)14-29-9-11-30(12-10-29)25(32)13-19-5-7-21(8-6-19)31-18-27-17-28-31/h2-8,17-18,20H,9-16H2. The summed E-state index contributed by atoms with van der Waals surface area (Å²) in [6.07, 6.45) is 3.56. The fraction of sp³-hybridized carbons (Fsp3) is 0.360. The molecule has 1 aromatic heterocycles. The second-order valence-corrected chi connectivity index (χ2v) is 8.53. The molecule has 33 heavy (non-hydrogen) atoms. The lowest BCUT2D eigenvalue weighted by Crippen LogP contribution is -2.50. The average molecular weight is 443 g/mol. The Hall–Kier alpha value is -3.54. The minimum atomic E-state index is 0.163. The van der Waals surface area contributed by atoms with Gasteiger partial charge in [-0.2, -0.15) is 5.10 Å². The van der Waals surface area contributed by atoms with Crippen molar-refractivity contribution in [3.05, 3.63) is 83.2 Å². The molecule has 0 saturated carbocycles. The summed E-state index contributed by atoms with van der Waals surface area (Å²) in [4.78, 5) is 24.8. The van der Waals surface area contributed by atoms with Crippen molar-refractivity contribution in [2.24, 2.45) is 0 Å². The molecule has 3 heterocycles. The summed E-state index contributed by atoms with van der Waals surface area (Å²) in [5.41, 5.74) is 4.89. The topological polar surface area (TPSA) is 67.8 Å². The molecule has 1 fully saturated rings. The van der Waals surface area contributed by atoms with E-state index in [-0.39, 0.29) is 11.8 Å². The summed E-state index contributed by atoms with van der Waals surface area (Å²) >= 11 is 0. The summed E-state index contributed by atoms with van der Waals surface area (Å²) in [7, 11) is 0. The number of fused-ring (bicyclic) bond motifs is 1. The normalized spacial score (nSPS) is 18.5. The lowest BCUT2D eigenvalue weighted by atomic mass is 9.91. The van der Waals surface area contributed by atoms with Crippen LogP contribution in [-0.4, -0.2) is 69.8 Å². The van der Waals surface area contributed by atoms with E-state index in [0.29, 0.717) is 25.3 Å². The lowest BCUT2D eigenvalue weighted by molar-refractivity contribution is -0.132. The van der Waals surface area contributed by atoms with Crippen LogP contribution < -0.4 is 0 Å². The third kappa shape index (κ3) is 4.65. The number of carbonyl (C=O) groups excluding carboxylic acids is 1. The highest BCUT2D eigenvalue weighted by Crippen LogP contribution is 2.33. The van der Waals surface area contributed by atoms with Crippen LogP contribution in [-0.2, 0) is 22.6 Å². The highest BCUT2D eigenvalue weighted by Gasteiger charge is 2.27. The molecule has 8 heteroatoms. The van der Waals surface area contributed by atoms with Crippen LogP contribution in [0.25, 0.3) is 10.5 Å². The van der Waals surface area contributed by atoms with E-state index in [4.69, 9.17) is 11.3 Å². The van der Waals surface area contributed by atoms with Crippen LogP contribution in [0.4, 0.5) is 5.69 Å². The molecule has 2 aromatic carbocycles. The van der Waals surface area contributed by atoms with Gasteiger partial charge in [-0.3, -0.25) is 9.69 Å². The molecule has 1 atom stereocenters. The number of benzene rings is 2. The number of piperazine rings is 1. The van der Waals surface area contributed by atoms with E-state index in [9.17, 15) is 4.79 Å². The van der Waals surface area contributed by atoms with Gasteiger partial charge in [0.05, 0.1) is 31.9 Å². The quantitative estimate of drug-likeness (QED) is 0.569. The zero-order chi connectivity index (χ0) is 22.6. The van der Waals surface area contributed by atoms with Crippen molar-refractivity contribution in [3.8, 4) is 5.69 Å². The van der Waals surface area contributed by atoms with Crippen LogP contribution in [0.2, 0.25) is 0 Å². The number of amides is 1. The van der Waals surface area contributed by atoms with Crippen LogP contribution >= 0.6 is 0 Å². The van der Waals surface area contributed by atoms with Crippen LogP contribution in [0.15, 0.2) is 55.1 Å². The number of hydrogen-bond acceptors (Lipinski definition) is 5. The number of nitrogens with zero attached hydrogens (tertiary/aromatic N) is 6. The zero-order valence-electron chi connectivity index (χ0n) is 18.4. The number of ether oxygens (including phenoxy) is 1. The maximum Gasteiger partial charge on any atom is 0.227 e. The zero-order valence-corrected chi connectivity index (χ0v) is 18.4. The second kappa shape index (κ2) is 9.53. The van der Waals surface area contributed by atoms with E-state index >= 15 is 0 Å². The Morgan fingerprint density at radius 3 is 2.67 bits per heavy atom. The van der Waals surface area contributed by atoms with Gasteiger partial charge in [0.15, 0.2) is 5.69 Å². The Morgan fingerprint density at radius 2 is 1.94 bits per heavy atom. The molecule has 5 rings (SSSR count). The van der Waals surface area contributed by atoms with E-state index in [0.717, 1.165) is 49.5 Å². The van der Waals surface area contributed by atoms with Gasteiger partial charge in [-0.1, -0.05) is 30.3 Å². The van der Waals surface area contributed by atoms with Gasteiger partial charge in [0.25, 0.3) is 0 Å². The Labute approximate surface area is 193 Å². The highest BCUT2D eigenvalue weighted by atomic mass is 16.5. The third-order valence-corrected chi connectivity index (χ3v) is 6.49. The number of hydrogen-bond donors (Lipinski definition) is 0. The van der Waals surface area contributed by atoms with E-state index in [1.807, 2.05) is 41.3 Å². The lowest BCUT2D eigenvalue weighted by Gasteiger charge is -2.38. The van der Waals surface area contributed by atoms with Gasteiger partial charge in [-0.15, -0.1) is 0 Å². The Kier molecular flexibility index (Phi) is 6.15. The minimum Gasteiger partial charge on any atom is -0.377 e. The first-order valence-electron chi connectivity index (χ1n) is 11.2. The molecular weight excluding hydrogens is 416 g/mol. The average Bonchev–Trinajstić information content (AvgIpc) is 3.40. The van der Waals surface area contributed by atoms with Crippen LogP contribution in [0.1, 0.15) is 22.6 Å². The van der Waals surface area contributed by atoms with Crippen molar-refractivity contribution < 1.29 is 9.53 Å². The molecule has 0 aliphatic carbocycles. The second-order valence-electron chi connectivity index (χ2n) is 8.53. The van der Waals surface area contributed by atoms with Crippen molar-refractivity contribution in [1.82, 2.24) is 24.6 Å². The van der Waals surface area contributed by atoms with Gasteiger partial charge in [-0.25, -0.2) is 14.5 Å². The van der Waals surface area contributed by atoms with Crippen molar-refractivity contribution >= 4 is 11.6 Å². The van der Waals surface area contributed by atoms with Crippen LogP contribution in [0.3, 0.4) is 0 Å². The number of aromatic nitrogens is 3.